The third kappa shape index (κ3) is 8.59. The second-order valence-electron chi connectivity index (χ2n) is 5.95. The van der Waals surface area contributed by atoms with Gasteiger partial charge in [-0.1, -0.05) is 0 Å². The van der Waals surface area contributed by atoms with E-state index in [9.17, 15) is 4.79 Å². The van der Waals surface area contributed by atoms with Gasteiger partial charge in [-0.3, -0.25) is 15.0 Å². The molecule has 1 rings (SSSR count). The number of hydrogen-bond acceptors (Lipinski definition) is 7. The van der Waals surface area contributed by atoms with Crippen molar-refractivity contribution < 1.29 is 9.53 Å². The summed E-state index contributed by atoms with van der Waals surface area (Å²) in [6.45, 7) is 12.0. The Bertz CT molecular complexity index is 321. The maximum atomic E-state index is 11.7. The molecule has 23 heavy (non-hydrogen) atoms. The van der Waals surface area contributed by atoms with E-state index in [-0.39, 0.29) is 18.2 Å². The lowest BCUT2D eigenvalue weighted by Gasteiger charge is -2.32. The zero-order chi connectivity index (χ0) is 17.1. The molecule has 0 aliphatic carbocycles. The van der Waals surface area contributed by atoms with Crippen LogP contribution in [0.3, 0.4) is 0 Å². The number of carbonyl (C=O) groups excluding carboxylic acids is 1. The standard InChI is InChI=1S/C15H34N6O2/c1-13(9-20(14(2)22)8-7-16-4)23-15(3)21-11-18-6-5-17-10-19-12-21/h13,15-19H,5-12H2,1-4H3/t13-,15+/m0/s1. The molecule has 0 aromatic heterocycles. The summed E-state index contributed by atoms with van der Waals surface area (Å²) in [5, 5.41) is 13.1. The van der Waals surface area contributed by atoms with Crippen LogP contribution in [0, 0.1) is 0 Å². The molecule has 8 nitrogen and oxygen atoms in total. The van der Waals surface area contributed by atoms with E-state index < -0.39 is 0 Å². The van der Waals surface area contributed by atoms with E-state index in [0.717, 1.165) is 39.6 Å². The third-order valence-electron chi connectivity index (χ3n) is 3.86. The van der Waals surface area contributed by atoms with Gasteiger partial charge in [0, 0.05) is 46.3 Å². The van der Waals surface area contributed by atoms with Crippen LogP contribution in [-0.4, -0.2) is 87.8 Å². The Hall–Kier alpha value is -0.770. The highest BCUT2D eigenvalue weighted by Gasteiger charge is 2.19. The molecule has 0 saturated carbocycles. The predicted octanol–water partition coefficient (Wildman–Crippen LogP) is -1.24. The van der Waals surface area contributed by atoms with Crippen molar-refractivity contribution in [2.24, 2.45) is 0 Å². The van der Waals surface area contributed by atoms with E-state index >= 15 is 0 Å². The maximum Gasteiger partial charge on any atom is 0.219 e. The Morgan fingerprint density at radius 3 is 2.65 bits per heavy atom. The van der Waals surface area contributed by atoms with Gasteiger partial charge < -0.3 is 25.6 Å². The van der Waals surface area contributed by atoms with Crippen LogP contribution in [0.5, 0.6) is 0 Å². The first kappa shape index (κ1) is 20.3. The summed E-state index contributed by atoms with van der Waals surface area (Å²) in [7, 11) is 1.89. The lowest BCUT2D eigenvalue weighted by molar-refractivity contribution is -0.134. The minimum absolute atomic E-state index is 0.0171. The molecule has 0 aromatic rings. The Kier molecular flexibility index (Phi) is 10.3. The third-order valence-corrected chi connectivity index (χ3v) is 3.86. The van der Waals surface area contributed by atoms with Gasteiger partial charge in [0.15, 0.2) is 0 Å². The predicted molar refractivity (Wildman–Crippen MR) is 91.8 cm³/mol. The number of likely N-dealkylation sites (N-methyl/N-ethyl adjacent to an activating group) is 1. The van der Waals surface area contributed by atoms with Crippen LogP contribution in [0.2, 0.25) is 0 Å². The number of ether oxygens (including phenoxy) is 1. The Labute approximate surface area is 140 Å². The highest BCUT2D eigenvalue weighted by Crippen LogP contribution is 2.05. The lowest BCUT2D eigenvalue weighted by atomic mass is 10.3. The van der Waals surface area contributed by atoms with Crippen molar-refractivity contribution in [1.29, 1.82) is 0 Å². The first-order valence-corrected chi connectivity index (χ1v) is 8.46. The van der Waals surface area contributed by atoms with Crippen LogP contribution in [0.15, 0.2) is 0 Å². The number of nitrogens with zero attached hydrogens (tertiary/aromatic N) is 2. The van der Waals surface area contributed by atoms with Gasteiger partial charge in [0.05, 0.1) is 19.4 Å². The second-order valence-corrected chi connectivity index (χ2v) is 5.95. The van der Waals surface area contributed by atoms with Gasteiger partial charge >= 0.3 is 0 Å². The normalized spacial score (nSPS) is 20.2. The van der Waals surface area contributed by atoms with E-state index in [1.54, 1.807) is 6.92 Å². The van der Waals surface area contributed by atoms with E-state index in [0.29, 0.717) is 13.1 Å². The molecule has 0 spiro atoms. The zero-order valence-corrected chi connectivity index (χ0v) is 15.0. The van der Waals surface area contributed by atoms with Crippen molar-refractivity contribution in [3.63, 3.8) is 0 Å². The fourth-order valence-corrected chi connectivity index (χ4v) is 2.49. The van der Waals surface area contributed by atoms with Crippen molar-refractivity contribution in [3.05, 3.63) is 0 Å². The Balaban J connectivity index is 2.42. The van der Waals surface area contributed by atoms with Gasteiger partial charge in [-0.05, 0) is 20.9 Å². The van der Waals surface area contributed by atoms with Gasteiger partial charge in [-0.2, -0.15) is 0 Å². The van der Waals surface area contributed by atoms with E-state index in [2.05, 4.69) is 33.1 Å². The smallest absolute Gasteiger partial charge is 0.219 e. The molecular weight excluding hydrogens is 296 g/mol. The number of nitrogens with one attached hydrogen (secondary N) is 4. The summed E-state index contributed by atoms with van der Waals surface area (Å²) in [6, 6.07) is 0. The van der Waals surface area contributed by atoms with Gasteiger partial charge in [0.2, 0.25) is 5.91 Å². The van der Waals surface area contributed by atoms with Gasteiger partial charge in [0.25, 0.3) is 0 Å². The molecule has 0 unspecified atom stereocenters. The van der Waals surface area contributed by atoms with Crippen LogP contribution in [0.1, 0.15) is 20.8 Å². The molecule has 0 radical (unpaired) electrons. The van der Waals surface area contributed by atoms with Crippen molar-refractivity contribution in [1.82, 2.24) is 31.1 Å². The van der Waals surface area contributed by atoms with E-state index in [4.69, 9.17) is 4.74 Å². The molecular formula is C15H34N6O2. The minimum Gasteiger partial charge on any atom is -0.359 e. The SMILES string of the molecule is CNCCN(C[C@H](C)O[C@H](C)N1CNCCNCNC1)C(C)=O. The van der Waals surface area contributed by atoms with Gasteiger partial charge in [-0.15, -0.1) is 0 Å². The number of carbonyl (C=O) groups is 1. The quantitative estimate of drug-likeness (QED) is 0.443. The molecule has 1 amide bonds. The second kappa shape index (κ2) is 11.7. The number of amides is 1. The van der Waals surface area contributed by atoms with Gasteiger partial charge in [-0.25, -0.2) is 0 Å². The van der Waals surface area contributed by atoms with E-state index in [1.165, 1.54) is 0 Å². The molecule has 1 saturated heterocycles. The van der Waals surface area contributed by atoms with Gasteiger partial charge in [0.1, 0.15) is 6.23 Å². The molecule has 1 heterocycles. The van der Waals surface area contributed by atoms with Crippen LogP contribution >= 0.6 is 0 Å². The molecule has 1 aliphatic heterocycles. The maximum absolute atomic E-state index is 11.7. The summed E-state index contributed by atoms with van der Waals surface area (Å²) in [5.74, 6) is 0.0838. The molecule has 136 valence electrons. The summed E-state index contributed by atoms with van der Waals surface area (Å²) < 4.78 is 6.10. The fraction of sp³-hybridized carbons (Fsp3) is 0.933. The molecule has 0 bridgehead atoms. The number of rotatable bonds is 8. The monoisotopic (exact) mass is 330 g/mol. The Morgan fingerprint density at radius 2 is 1.96 bits per heavy atom. The topological polar surface area (TPSA) is 80.9 Å². The molecule has 1 aliphatic rings. The molecule has 4 N–H and O–H groups in total. The molecule has 1 fully saturated rings. The summed E-state index contributed by atoms with van der Waals surface area (Å²) in [5.41, 5.74) is 0. The fourth-order valence-electron chi connectivity index (χ4n) is 2.49. The van der Waals surface area contributed by atoms with Crippen LogP contribution < -0.4 is 21.3 Å². The van der Waals surface area contributed by atoms with Crippen LogP contribution in [-0.2, 0) is 9.53 Å². The van der Waals surface area contributed by atoms with Crippen molar-refractivity contribution in [3.8, 4) is 0 Å². The minimum atomic E-state index is -0.0267. The Morgan fingerprint density at radius 1 is 1.26 bits per heavy atom. The first-order valence-electron chi connectivity index (χ1n) is 8.46. The highest BCUT2D eigenvalue weighted by atomic mass is 16.5. The summed E-state index contributed by atoms with van der Waals surface area (Å²) in [4.78, 5) is 15.7. The van der Waals surface area contributed by atoms with Crippen LogP contribution in [0.4, 0.5) is 0 Å². The van der Waals surface area contributed by atoms with E-state index in [1.807, 2.05) is 18.9 Å². The molecule has 2 atom stereocenters. The molecule has 0 aromatic carbocycles. The molecule has 8 heteroatoms. The first-order chi connectivity index (χ1) is 11.0. The average molecular weight is 330 g/mol. The highest BCUT2D eigenvalue weighted by molar-refractivity contribution is 5.73. The van der Waals surface area contributed by atoms with Crippen molar-refractivity contribution >= 4 is 5.91 Å². The average Bonchev–Trinajstić information content (AvgIpc) is 2.64. The summed E-state index contributed by atoms with van der Waals surface area (Å²) in [6.07, 6.45) is -0.0438. The largest absolute Gasteiger partial charge is 0.359 e. The van der Waals surface area contributed by atoms with Crippen molar-refractivity contribution in [2.45, 2.75) is 33.1 Å². The number of hydrogen-bond donors (Lipinski definition) is 4. The summed E-state index contributed by atoms with van der Waals surface area (Å²) >= 11 is 0. The zero-order valence-electron chi connectivity index (χ0n) is 15.0. The van der Waals surface area contributed by atoms with Crippen molar-refractivity contribution in [2.75, 3.05) is 59.8 Å². The lowest BCUT2D eigenvalue weighted by Crippen LogP contribution is -2.48. The van der Waals surface area contributed by atoms with Crippen LogP contribution in [0.25, 0.3) is 0 Å².